The quantitative estimate of drug-likeness (QED) is 0.863. The van der Waals surface area contributed by atoms with Gasteiger partial charge in [-0.15, -0.1) is 0 Å². The van der Waals surface area contributed by atoms with E-state index in [1.54, 1.807) is 50.0 Å². The average molecular weight is 275 g/mol. The fraction of sp³-hybridized carbons (Fsp3) is 0.333. The number of aryl methyl sites for hydroxylation is 2. The fourth-order valence-corrected chi connectivity index (χ4v) is 2.19. The third kappa shape index (κ3) is 2.57. The summed E-state index contributed by atoms with van der Waals surface area (Å²) in [6.45, 7) is 3.64. The fourth-order valence-electron chi connectivity index (χ4n) is 2.19. The molecule has 0 spiro atoms. The molecule has 0 aliphatic rings. The SMILES string of the molecule is Cc1cc(C(=O)N(C)C(C)c2ccccc2F)n(C)n1. The van der Waals surface area contributed by atoms with Crippen molar-refractivity contribution in [3.63, 3.8) is 0 Å². The summed E-state index contributed by atoms with van der Waals surface area (Å²) in [5.74, 6) is -0.482. The molecule has 0 fully saturated rings. The van der Waals surface area contributed by atoms with Gasteiger partial charge in [-0.05, 0) is 26.0 Å². The van der Waals surface area contributed by atoms with Crippen LogP contribution in [0, 0.1) is 12.7 Å². The molecule has 0 N–H and O–H groups in total. The highest BCUT2D eigenvalue weighted by Gasteiger charge is 2.23. The van der Waals surface area contributed by atoms with Crippen LogP contribution >= 0.6 is 0 Å². The third-order valence-corrected chi connectivity index (χ3v) is 3.48. The molecule has 1 atom stereocenters. The monoisotopic (exact) mass is 275 g/mol. The molecule has 20 heavy (non-hydrogen) atoms. The van der Waals surface area contributed by atoms with Crippen LogP contribution in [0.5, 0.6) is 0 Å². The maximum Gasteiger partial charge on any atom is 0.272 e. The summed E-state index contributed by atoms with van der Waals surface area (Å²) < 4.78 is 15.3. The zero-order valence-electron chi connectivity index (χ0n) is 12.1. The van der Waals surface area contributed by atoms with Gasteiger partial charge in [0, 0.05) is 19.7 Å². The van der Waals surface area contributed by atoms with Gasteiger partial charge >= 0.3 is 0 Å². The molecule has 5 heteroatoms. The molecule has 1 unspecified atom stereocenters. The molecular weight excluding hydrogens is 257 g/mol. The van der Waals surface area contributed by atoms with Crippen LogP contribution in [-0.4, -0.2) is 27.6 Å². The summed E-state index contributed by atoms with van der Waals surface area (Å²) >= 11 is 0. The van der Waals surface area contributed by atoms with Gasteiger partial charge in [0.05, 0.1) is 11.7 Å². The first kappa shape index (κ1) is 14.2. The van der Waals surface area contributed by atoms with E-state index in [1.165, 1.54) is 11.0 Å². The number of halogens is 1. The molecule has 0 saturated carbocycles. The number of hydrogen-bond donors (Lipinski definition) is 0. The van der Waals surface area contributed by atoms with Crippen molar-refractivity contribution in [3.05, 3.63) is 53.1 Å². The topological polar surface area (TPSA) is 38.1 Å². The predicted octanol–water partition coefficient (Wildman–Crippen LogP) is 2.70. The van der Waals surface area contributed by atoms with Crippen LogP contribution in [0.1, 0.15) is 34.7 Å². The highest BCUT2D eigenvalue weighted by molar-refractivity contribution is 5.92. The van der Waals surface area contributed by atoms with E-state index in [9.17, 15) is 9.18 Å². The van der Waals surface area contributed by atoms with Gasteiger partial charge in [0.15, 0.2) is 0 Å². The summed E-state index contributed by atoms with van der Waals surface area (Å²) in [5.41, 5.74) is 1.78. The first-order valence-corrected chi connectivity index (χ1v) is 6.44. The van der Waals surface area contributed by atoms with Gasteiger partial charge in [-0.3, -0.25) is 9.48 Å². The number of amides is 1. The van der Waals surface area contributed by atoms with E-state index in [1.807, 2.05) is 6.92 Å². The van der Waals surface area contributed by atoms with Crippen molar-refractivity contribution >= 4 is 5.91 Å². The maximum atomic E-state index is 13.8. The highest BCUT2D eigenvalue weighted by atomic mass is 19.1. The standard InChI is InChI=1S/C15H18FN3O/c1-10-9-14(19(4)17-10)15(20)18(3)11(2)12-7-5-6-8-13(12)16/h5-9,11H,1-4H3. The molecule has 2 aromatic rings. The second-order valence-electron chi connectivity index (χ2n) is 4.91. The largest absolute Gasteiger partial charge is 0.334 e. The maximum absolute atomic E-state index is 13.8. The lowest BCUT2D eigenvalue weighted by atomic mass is 10.1. The Hall–Kier alpha value is -2.17. The van der Waals surface area contributed by atoms with Crippen LogP contribution in [0.4, 0.5) is 4.39 Å². The molecule has 0 radical (unpaired) electrons. The Kier molecular flexibility index (Phi) is 3.88. The molecule has 2 rings (SSSR count). The minimum absolute atomic E-state index is 0.177. The van der Waals surface area contributed by atoms with Crippen LogP contribution in [-0.2, 0) is 7.05 Å². The Morgan fingerprint density at radius 1 is 1.40 bits per heavy atom. The van der Waals surface area contributed by atoms with Gasteiger partial charge in [-0.1, -0.05) is 18.2 Å². The third-order valence-electron chi connectivity index (χ3n) is 3.48. The van der Waals surface area contributed by atoms with E-state index in [4.69, 9.17) is 0 Å². The normalized spacial score (nSPS) is 12.2. The lowest BCUT2D eigenvalue weighted by Crippen LogP contribution is -2.31. The van der Waals surface area contributed by atoms with Gasteiger partial charge < -0.3 is 4.90 Å². The molecule has 0 bridgehead atoms. The summed E-state index contributed by atoms with van der Waals surface area (Å²) in [7, 11) is 3.39. The number of nitrogens with zero attached hydrogens (tertiary/aromatic N) is 3. The van der Waals surface area contributed by atoms with Crippen molar-refractivity contribution in [2.45, 2.75) is 19.9 Å². The molecular formula is C15H18FN3O. The number of hydrogen-bond acceptors (Lipinski definition) is 2. The average Bonchev–Trinajstić information content (AvgIpc) is 2.76. The lowest BCUT2D eigenvalue weighted by molar-refractivity contribution is 0.0729. The Morgan fingerprint density at radius 2 is 2.05 bits per heavy atom. The van der Waals surface area contributed by atoms with Crippen molar-refractivity contribution in [1.82, 2.24) is 14.7 Å². The Morgan fingerprint density at radius 3 is 2.60 bits per heavy atom. The first-order chi connectivity index (χ1) is 9.41. The molecule has 4 nitrogen and oxygen atoms in total. The van der Waals surface area contributed by atoms with E-state index in [0.29, 0.717) is 11.3 Å². The second kappa shape index (κ2) is 5.45. The number of carbonyl (C=O) groups is 1. The zero-order valence-corrected chi connectivity index (χ0v) is 12.1. The number of benzene rings is 1. The van der Waals surface area contributed by atoms with Gasteiger partial charge in [-0.2, -0.15) is 5.10 Å². The van der Waals surface area contributed by atoms with Crippen LogP contribution in [0.15, 0.2) is 30.3 Å². The molecule has 0 saturated heterocycles. The molecule has 1 aromatic heterocycles. The Labute approximate surface area is 117 Å². The zero-order chi connectivity index (χ0) is 14.9. The number of aromatic nitrogens is 2. The molecule has 0 aliphatic carbocycles. The van der Waals surface area contributed by atoms with E-state index >= 15 is 0 Å². The van der Waals surface area contributed by atoms with E-state index in [0.717, 1.165) is 5.69 Å². The van der Waals surface area contributed by atoms with Crippen molar-refractivity contribution in [3.8, 4) is 0 Å². The van der Waals surface area contributed by atoms with Crippen molar-refractivity contribution in [1.29, 1.82) is 0 Å². The van der Waals surface area contributed by atoms with E-state index in [2.05, 4.69) is 5.10 Å². The first-order valence-electron chi connectivity index (χ1n) is 6.44. The van der Waals surface area contributed by atoms with Gasteiger partial charge in [0.25, 0.3) is 5.91 Å². The van der Waals surface area contributed by atoms with E-state index < -0.39 is 0 Å². The van der Waals surface area contributed by atoms with Crippen LogP contribution in [0.2, 0.25) is 0 Å². The second-order valence-corrected chi connectivity index (χ2v) is 4.91. The van der Waals surface area contributed by atoms with Crippen molar-refractivity contribution in [2.75, 3.05) is 7.05 Å². The summed E-state index contributed by atoms with van der Waals surface area (Å²) in [6.07, 6.45) is 0. The molecule has 106 valence electrons. The molecule has 1 aromatic carbocycles. The van der Waals surface area contributed by atoms with Crippen LogP contribution in [0.25, 0.3) is 0 Å². The van der Waals surface area contributed by atoms with Crippen molar-refractivity contribution < 1.29 is 9.18 Å². The van der Waals surface area contributed by atoms with Gasteiger partial charge in [-0.25, -0.2) is 4.39 Å². The van der Waals surface area contributed by atoms with Crippen LogP contribution < -0.4 is 0 Å². The minimum atomic E-state index is -0.348. The summed E-state index contributed by atoms with van der Waals surface area (Å²) in [5, 5.41) is 4.16. The Bertz CT molecular complexity index is 636. The van der Waals surface area contributed by atoms with Crippen LogP contribution in [0.3, 0.4) is 0 Å². The molecule has 1 amide bonds. The van der Waals surface area contributed by atoms with E-state index in [-0.39, 0.29) is 17.8 Å². The predicted molar refractivity (Wildman–Crippen MR) is 74.9 cm³/mol. The lowest BCUT2D eigenvalue weighted by Gasteiger charge is -2.25. The smallest absolute Gasteiger partial charge is 0.272 e. The van der Waals surface area contributed by atoms with Gasteiger partial charge in [0.2, 0.25) is 0 Å². The number of rotatable bonds is 3. The van der Waals surface area contributed by atoms with Crippen molar-refractivity contribution in [2.24, 2.45) is 7.05 Å². The minimum Gasteiger partial charge on any atom is -0.334 e. The van der Waals surface area contributed by atoms with Gasteiger partial charge in [0.1, 0.15) is 11.5 Å². The summed E-state index contributed by atoms with van der Waals surface area (Å²) in [6, 6.07) is 7.88. The summed E-state index contributed by atoms with van der Waals surface area (Å²) in [4.78, 5) is 14.0. The molecule has 0 aliphatic heterocycles. The number of carbonyl (C=O) groups excluding carboxylic acids is 1. The Balaban J connectivity index is 2.27. The highest BCUT2D eigenvalue weighted by Crippen LogP contribution is 2.23. The molecule has 1 heterocycles.